The Kier molecular flexibility index (Phi) is 4.92. The summed E-state index contributed by atoms with van der Waals surface area (Å²) in [5, 5.41) is 2.60. The fourth-order valence-electron chi connectivity index (χ4n) is 1.58. The summed E-state index contributed by atoms with van der Waals surface area (Å²) in [5.74, 6) is -0.136. The molecule has 7 heteroatoms. The first-order valence-corrected chi connectivity index (χ1v) is 7.45. The molecule has 0 saturated carbocycles. The largest absolute Gasteiger partial charge is 0.459 e. The van der Waals surface area contributed by atoms with Crippen LogP contribution in [0.4, 0.5) is 0 Å². The number of carbonyl (C=O) groups excluding carboxylic acids is 1. The highest BCUT2D eigenvalue weighted by atomic mass is 32.2. The van der Waals surface area contributed by atoms with Crippen LogP contribution in [-0.4, -0.2) is 44.0 Å². The van der Waals surface area contributed by atoms with E-state index >= 15 is 0 Å². The Morgan fingerprint density at radius 3 is 2.61 bits per heavy atom. The maximum atomic E-state index is 11.5. The second-order valence-electron chi connectivity index (χ2n) is 4.20. The lowest BCUT2D eigenvalue weighted by Gasteiger charge is -2.23. The normalized spacial score (nSPS) is 12.1. The van der Waals surface area contributed by atoms with Crippen molar-refractivity contribution >= 4 is 15.9 Å². The zero-order valence-electron chi connectivity index (χ0n) is 10.7. The van der Waals surface area contributed by atoms with Gasteiger partial charge in [-0.1, -0.05) is 0 Å². The maximum Gasteiger partial charge on any atom is 0.287 e. The van der Waals surface area contributed by atoms with Gasteiger partial charge in [-0.25, -0.2) is 8.42 Å². The highest BCUT2D eigenvalue weighted by molar-refractivity contribution is 7.88. The van der Waals surface area contributed by atoms with E-state index in [1.165, 1.54) is 10.6 Å². The Morgan fingerprint density at radius 2 is 2.17 bits per heavy atom. The van der Waals surface area contributed by atoms with Crippen LogP contribution in [0, 0.1) is 0 Å². The summed E-state index contributed by atoms with van der Waals surface area (Å²) in [6.45, 7) is 4.05. The Bertz CT molecular complexity index is 479. The van der Waals surface area contributed by atoms with E-state index in [1.807, 2.05) is 0 Å². The van der Waals surface area contributed by atoms with Crippen LogP contribution in [0.2, 0.25) is 0 Å². The van der Waals surface area contributed by atoms with Crippen molar-refractivity contribution in [2.24, 2.45) is 0 Å². The smallest absolute Gasteiger partial charge is 0.287 e. The van der Waals surface area contributed by atoms with E-state index in [2.05, 4.69) is 5.32 Å². The second kappa shape index (κ2) is 6.01. The number of furan rings is 1. The third kappa shape index (κ3) is 4.15. The molecule has 0 aliphatic rings. The van der Waals surface area contributed by atoms with Crippen LogP contribution in [0.1, 0.15) is 24.4 Å². The Morgan fingerprint density at radius 1 is 1.50 bits per heavy atom. The molecule has 1 amide bonds. The summed E-state index contributed by atoms with van der Waals surface area (Å²) >= 11 is 0. The van der Waals surface area contributed by atoms with Crippen LogP contribution in [0.5, 0.6) is 0 Å². The number of hydrogen-bond acceptors (Lipinski definition) is 4. The molecule has 0 fully saturated rings. The van der Waals surface area contributed by atoms with E-state index in [0.29, 0.717) is 0 Å². The van der Waals surface area contributed by atoms with Gasteiger partial charge in [-0.3, -0.25) is 4.79 Å². The van der Waals surface area contributed by atoms with Crippen LogP contribution < -0.4 is 5.32 Å². The molecular formula is C11H18N2O4S. The highest BCUT2D eigenvalue weighted by Crippen LogP contribution is 2.04. The number of rotatable bonds is 6. The second-order valence-corrected chi connectivity index (χ2v) is 6.14. The lowest BCUT2D eigenvalue weighted by Crippen LogP contribution is -2.41. The van der Waals surface area contributed by atoms with E-state index in [9.17, 15) is 13.2 Å². The first kappa shape index (κ1) is 14.7. The molecule has 1 aromatic heterocycles. The zero-order valence-corrected chi connectivity index (χ0v) is 11.5. The van der Waals surface area contributed by atoms with Gasteiger partial charge in [0.25, 0.3) is 5.91 Å². The van der Waals surface area contributed by atoms with Crippen LogP contribution >= 0.6 is 0 Å². The van der Waals surface area contributed by atoms with Crippen molar-refractivity contribution in [2.75, 3.05) is 19.3 Å². The number of carbonyl (C=O) groups is 1. The molecule has 1 rings (SSSR count). The minimum Gasteiger partial charge on any atom is -0.459 e. The summed E-state index contributed by atoms with van der Waals surface area (Å²) in [6.07, 6.45) is 2.56. The van der Waals surface area contributed by atoms with Crippen LogP contribution in [0.15, 0.2) is 22.8 Å². The van der Waals surface area contributed by atoms with Gasteiger partial charge in [0.05, 0.1) is 12.5 Å². The fraction of sp³-hybridized carbons (Fsp3) is 0.545. The van der Waals surface area contributed by atoms with Gasteiger partial charge in [-0.05, 0) is 26.0 Å². The van der Waals surface area contributed by atoms with Gasteiger partial charge in [0, 0.05) is 19.1 Å². The molecule has 0 atom stereocenters. The summed E-state index contributed by atoms with van der Waals surface area (Å²) in [7, 11) is -3.26. The summed E-state index contributed by atoms with van der Waals surface area (Å²) in [5.41, 5.74) is 0. The molecule has 0 aliphatic carbocycles. The van der Waals surface area contributed by atoms with Crippen molar-refractivity contribution in [1.82, 2.24) is 9.62 Å². The van der Waals surface area contributed by atoms with Gasteiger partial charge < -0.3 is 9.73 Å². The molecule has 1 N–H and O–H groups in total. The van der Waals surface area contributed by atoms with Crippen molar-refractivity contribution in [1.29, 1.82) is 0 Å². The van der Waals surface area contributed by atoms with Crippen molar-refractivity contribution < 1.29 is 17.6 Å². The number of amides is 1. The third-order valence-electron chi connectivity index (χ3n) is 2.36. The van der Waals surface area contributed by atoms with Gasteiger partial charge >= 0.3 is 0 Å². The molecule has 0 bridgehead atoms. The summed E-state index contributed by atoms with van der Waals surface area (Å²) in [6, 6.07) is 3.03. The third-order valence-corrected chi connectivity index (χ3v) is 3.82. The topological polar surface area (TPSA) is 79.6 Å². The highest BCUT2D eigenvalue weighted by Gasteiger charge is 2.19. The van der Waals surface area contributed by atoms with E-state index < -0.39 is 10.0 Å². The lowest BCUT2D eigenvalue weighted by molar-refractivity contribution is 0.0923. The minimum atomic E-state index is -3.26. The van der Waals surface area contributed by atoms with Crippen molar-refractivity contribution in [3.8, 4) is 0 Å². The van der Waals surface area contributed by atoms with Gasteiger partial charge in [-0.15, -0.1) is 0 Å². The lowest BCUT2D eigenvalue weighted by atomic mass is 10.4. The molecule has 0 saturated heterocycles. The monoisotopic (exact) mass is 274 g/mol. The molecule has 0 aromatic carbocycles. The van der Waals surface area contributed by atoms with Crippen molar-refractivity contribution in [3.63, 3.8) is 0 Å². The van der Waals surface area contributed by atoms with Gasteiger partial charge in [0.15, 0.2) is 5.76 Å². The molecule has 0 aliphatic heterocycles. The summed E-state index contributed by atoms with van der Waals surface area (Å²) in [4.78, 5) is 11.5. The molecule has 1 aromatic rings. The molecule has 18 heavy (non-hydrogen) atoms. The SMILES string of the molecule is CC(C)N(CCNC(=O)c1ccco1)S(C)(=O)=O. The van der Waals surface area contributed by atoms with Gasteiger partial charge in [-0.2, -0.15) is 4.31 Å². The Balaban J connectivity index is 2.48. The molecule has 0 spiro atoms. The molecule has 0 unspecified atom stereocenters. The fourth-order valence-corrected chi connectivity index (χ4v) is 2.77. The van der Waals surface area contributed by atoms with E-state index in [0.717, 1.165) is 6.26 Å². The molecule has 0 radical (unpaired) electrons. The number of nitrogens with zero attached hydrogens (tertiary/aromatic N) is 1. The number of sulfonamides is 1. The Hall–Kier alpha value is -1.34. The first-order valence-electron chi connectivity index (χ1n) is 5.61. The van der Waals surface area contributed by atoms with E-state index in [1.54, 1.807) is 26.0 Å². The van der Waals surface area contributed by atoms with E-state index in [-0.39, 0.29) is 30.8 Å². The predicted octanol–water partition coefficient (Wildman–Crippen LogP) is 0.679. The number of hydrogen-bond donors (Lipinski definition) is 1. The maximum absolute atomic E-state index is 11.5. The molecule has 6 nitrogen and oxygen atoms in total. The first-order chi connectivity index (χ1) is 8.32. The minimum absolute atomic E-state index is 0.138. The van der Waals surface area contributed by atoms with Crippen LogP contribution in [-0.2, 0) is 10.0 Å². The predicted molar refractivity (Wildman–Crippen MR) is 67.7 cm³/mol. The average Bonchev–Trinajstić information content (AvgIpc) is 2.74. The molecule has 1 heterocycles. The number of nitrogens with one attached hydrogen (secondary N) is 1. The molecule has 102 valence electrons. The van der Waals surface area contributed by atoms with Crippen molar-refractivity contribution in [2.45, 2.75) is 19.9 Å². The Labute approximate surface area is 107 Å². The van der Waals surface area contributed by atoms with Crippen molar-refractivity contribution in [3.05, 3.63) is 24.2 Å². The quantitative estimate of drug-likeness (QED) is 0.827. The van der Waals surface area contributed by atoms with Gasteiger partial charge in [0.2, 0.25) is 10.0 Å². The average molecular weight is 274 g/mol. The standard InChI is InChI=1S/C11H18N2O4S/c1-9(2)13(18(3,15)16)7-6-12-11(14)10-5-4-8-17-10/h4-5,8-9H,6-7H2,1-3H3,(H,12,14). The molecular weight excluding hydrogens is 256 g/mol. The van der Waals surface area contributed by atoms with Crippen LogP contribution in [0.3, 0.4) is 0 Å². The van der Waals surface area contributed by atoms with Gasteiger partial charge in [0.1, 0.15) is 0 Å². The zero-order chi connectivity index (χ0) is 13.8. The van der Waals surface area contributed by atoms with E-state index in [4.69, 9.17) is 4.42 Å². The van der Waals surface area contributed by atoms with Crippen LogP contribution in [0.25, 0.3) is 0 Å². The summed E-state index contributed by atoms with van der Waals surface area (Å²) < 4.78 is 29.2.